The van der Waals surface area contributed by atoms with Crippen LogP contribution < -0.4 is 10.0 Å². The molecule has 0 aliphatic heterocycles. The first-order chi connectivity index (χ1) is 12.8. The number of benzene rings is 2. The van der Waals surface area contributed by atoms with E-state index in [0.29, 0.717) is 17.8 Å². The molecule has 0 saturated carbocycles. The van der Waals surface area contributed by atoms with E-state index in [9.17, 15) is 22.3 Å². The van der Waals surface area contributed by atoms with E-state index in [1.165, 1.54) is 0 Å². The third-order valence-electron chi connectivity index (χ3n) is 3.36. The molecule has 1 unspecified atom stereocenters. The lowest BCUT2D eigenvalue weighted by atomic mass is 10.1. The molecule has 27 heavy (non-hydrogen) atoms. The van der Waals surface area contributed by atoms with Crippen LogP contribution in [-0.4, -0.2) is 19.7 Å². The van der Waals surface area contributed by atoms with Crippen molar-refractivity contribution in [2.24, 2.45) is 0 Å². The number of rotatable bonds is 5. The van der Waals surface area contributed by atoms with Gasteiger partial charge in [0.15, 0.2) is 16.8 Å². The molecule has 2 aromatic carbocycles. The van der Waals surface area contributed by atoms with Gasteiger partial charge in [-0.05, 0) is 18.2 Å². The van der Waals surface area contributed by atoms with Gasteiger partial charge in [-0.2, -0.15) is 0 Å². The Morgan fingerprint density at radius 1 is 1.19 bits per heavy atom. The first kappa shape index (κ1) is 19.5. The first-order valence-corrected chi connectivity index (χ1v) is 9.96. The fraction of sp³-hybridized carbons (Fsp3) is 0. The molecule has 1 aromatic heterocycles. The number of anilines is 2. The molecule has 0 saturated heterocycles. The van der Waals surface area contributed by atoms with Gasteiger partial charge in [0.05, 0.1) is 16.9 Å². The van der Waals surface area contributed by atoms with Gasteiger partial charge in [-0.25, -0.2) is 13.8 Å². The van der Waals surface area contributed by atoms with E-state index in [-0.39, 0.29) is 16.4 Å². The largest absolute Gasteiger partial charge is 0.755 e. The van der Waals surface area contributed by atoms with Crippen LogP contribution in [0.2, 0.25) is 0 Å². The molecule has 140 valence electrons. The molecule has 11 heteroatoms. The number of hydrogen-bond donors (Lipinski definition) is 2. The lowest BCUT2D eigenvalue weighted by Crippen LogP contribution is -2.16. The Morgan fingerprint density at radius 3 is 2.52 bits per heavy atom. The Hall–Kier alpha value is -2.21. The second-order valence-corrected chi connectivity index (χ2v) is 7.59. The van der Waals surface area contributed by atoms with E-state index < -0.39 is 28.8 Å². The Kier molecular flexibility index (Phi) is 5.95. The maximum atomic E-state index is 13.5. The third-order valence-corrected chi connectivity index (χ3v) is 5.04. The Morgan fingerprint density at radius 2 is 1.85 bits per heavy atom. The lowest BCUT2D eigenvalue weighted by molar-refractivity contribution is 0.102. The number of carbonyl (C=O) groups excluding carboxylic acids is 1. The molecule has 0 bridgehead atoms. The molecule has 0 aliphatic carbocycles. The van der Waals surface area contributed by atoms with Crippen molar-refractivity contribution in [1.82, 2.24) is 4.98 Å². The standard InChI is InChI=1S/C16H10BrF2N3O3S2/c17-9-3-1-8(2-4-9)14-7-26-16(20-14)21-15(23)10-5-11(18)12(19)6-13(10)22-27(24)25/h1-7,22H,(H,24,25)(H,20,21,23)/p-1. The smallest absolute Gasteiger partial charge is 0.259 e. The molecule has 0 radical (unpaired) electrons. The number of thiazole rings is 1. The molecule has 1 heterocycles. The molecule has 2 N–H and O–H groups in total. The zero-order valence-corrected chi connectivity index (χ0v) is 16.4. The number of carbonyl (C=O) groups is 1. The number of nitrogens with one attached hydrogen (secondary N) is 2. The van der Waals surface area contributed by atoms with Crippen molar-refractivity contribution in [3.05, 3.63) is 63.4 Å². The third kappa shape index (κ3) is 4.75. The van der Waals surface area contributed by atoms with Crippen LogP contribution in [0.1, 0.15) is 10.4 Å². The van der Waals surface area contributed by atoms with Gasteiger partial charge in [-0.15, -0.1) is 11.3 Å². The van der Waals surface area contributed by atoms with Gasteiger partial charge >= 0.3 is 0 Å². The molecule has 6 nitrogen and oxygen atoms in total. The van der Waals surface area contributed by atoms with E-state index in [0.717, 1.165) is 21.4 Å². The summed E-state index contributed by atoms with van der Waals surface area (Å²) in [5.74, 6) is -3.40. The summed E-state index contributed by atoms with van der Waals surface area (Å²) in [5, 5.41) is 4.39. The molecule has 1 amide bonds. The van der Waals surface area contributed by atoms with Crippen molar-refractivity contribution in [3.63, 3.8) is 0 Å². The van der Waals surface area contributed by atoms with Crippen molar-refractivity contribution in [1.29, 1.82) is 0 Å². The maximum absolute atomic E-state index is 13.5. The van der Waals surface area contributed by atoms with Gasteiger partial charge in [0.2, 0.25) is 0 Å². The minimum Gasteiger partial charge on any atom is -0.755 e. The molecule has 0 spiro atoms. The minimum absolute atomic E-state index is 0.219. The summed E-state index contributed by atoms with van der Waals surface area (Å²) >= 11 is 1.65. The summed E-state index contributed by atoms with van der Waals surface area (Å²) in [6.07, 6.45) is 0. The van der Waals surface area contributed by atoms with E-state index in [1.807, 2.05) is 29.0 Å². The summed E-state index contributed by atoms with van der Waals surface area (Å²) < 4.78 is 51.3. The van der Waals surface area contributed by atoms with Crippen molar-refractivity contribution >= 4 is 55.3 Å². The summed E-state index contributed by atoms with van der Waals surface area (Å²) in [4.78, 5) is 16.7. The predicted molar refractivity (Wildman–Crippen MR) is 102 cm³/mol. The Labute approximate surface area is 167 Å². The second-order valence-electron chi connectivity index (χ2n) is 5.15. The number of amides is 1. The second kappa shape index (κ2) is 8.21. The number of hydrogen-bond acceptors (Lipinski definition) is 5. The molecule has 0 aliphatic rings. The molecular formula is C16H9BrF2N3O3S2-. The fourth-order valence-corrected chi connectivity index (χ4v) is 3.49. The summed E-state index contributed by atoms with van der Waals surface area (Å²) in [6.45, 7) is 0. The zero-order chi connectivity index (χ0) is 19.6. The van der Waals surface area contributed by atoms with Gasteiger partial charge in [0.25, 0.3) is 5.91 Å². The fourth-order valence-electron chi connectivity index (χ4n) is 2.16. The average Bonchev–Trinajstić information content (AvgIpc) is 3.06. The van der Waals surface area contributed by atoms with Gasteiger partial charge < -0.3 is 9.27 Å². The number of nitrogens with zero attached hydrogens (tertiary/aromatic N) is 1. The molecule has 3 rings (SSSR count). The Balaban J connectivity index is 1.84. The van der Waals surface area contributed by atoms with Gasteiger partial charge in [0, 0.05) is 32.7 Å². The predicted octanol–water partition coefficient (Wildman–Crippen LogP) is 4.31. The van der Waals surface area contributed by atoms with Crippen LogP contribution in [-0.2, 0) is 11.3 Å². The van der Waals surface area contributed by atoms with Crippen molar-refractivity contribution < 1.29 is 22.3 Å². The Bertz CT molecular complexity index is 1030. The minimum atomic E-state index is -2.81. The van der Waals surface area contributed by atoms with E-state index in [4.69, 9.17) is 0 Å². The van der Waals surface area contributed by atoms with Crippen LogP contribution in [0.15, 0.2) is 46.3 Å². The van der Waals surface area contributed by atoms with Crippen molar-refractivity contribution in [2.75, 3.05) is 10.0 Å². The highest BCUT2D eigenvalue weighted by Crippen LogP contribution is 2.27. The van der Waals surface area contributed by atoms with Crippen LogP contribution >= 0.6 is 27.3 Å². The molecule has 1 atom stereocenters. The van der Waals surface area contributed by atoms with Crippen LogP contribution in [0, 0.1) is 11.6 Å². The number of halogens is 3. The van der Waals surface area contributed by atoms with Crippen LogP contribution in [0.25, 0.3) is 11.3 Å². The monoisotopic (exact) mass is 472 g/mol. The van der Waals surface area contributed by atoms with E-state index in [1.54, 1.807) is 5.38 Å². The summed E-state index contributed by atoms with van der Waals surface area (Å²) in [5.41, 5.74) is 0.682. The van der Waals surface area contributed by atoms with Crippen LogP contribution in [0.4, 0.5) is 19.6 Å². The first-order valence-electron chi connectivity index (χ1n) is 7.21. The van der Waals surface area contributed by atoms with Crippen molar-refractivity contribution in [3.8, 4) is 11.3 Å². The normalized spacial score (nSPS) is 11.9. The molecule has 3 aromatic rings. The average molecular weight is 473 g/mol. The van der Waals surface area contributed by atoms with Gasteiger partial charge in [-0.1, -0.05) is 28.1 Å². The SMILES string of the molecule is O=C(Nc1nc(-c2ccc(Br)cc2)cs1)c1cc(F)c(F)cc1NS(=O)[O-]. The van der Waals surface area contributed by atoms with E-state index >= 15 is 0 Å². The highest BCUT2D eigenvalue weighted by molar-refractivity contribution is 9.10. The lowest BCUT2D eigenvalue weighted by Gasteiger charge is -2.13. The zero-order valence-electron chi connectivity index (χ0n) is 13.2. The van der Waals surface area contributed by atoms with E-state index in [2.05, 4.69) is 26.2 Å². The summed E-state index contributed by atoms with van der Waals surface area (Å²) in [6, 6.07) is 8.57. The van der Waals surface area contributed by atoms with Crippen molar-refractivity contribution in [2.45, 2.75) is 0 Å². The molecule has 0 fully saturated rings. The topological polar surface area (TPSA) is 94.2 Å². The van der Waals surface area contributed by atoms with Crippen LogP contribution in [0.3, 0.4) is 0 Å². The highest BCUT2D eigenvalue weighted by Gasteiger charge is 2.18. The summed E-state index contributed by atoms with van der Waals surface area (Å²) in [7, 11) is 0. The number of aromatic nitrogens is 1. The van der Waals surface area contributed by atoms with Crippen LogP contribution in [0.5, 0.6) is 0 Å². The molecular weight excluding hydrogens is 464 g/mol. The van der Waals surface area contributed by atoms with Gasteiger partial charge in [-0.3, -0.25) is 14.3 Å². The maximum Gasteiger partial charge on any atom is 0.259 e. The quantitative estimate of drug-likeness (QED) is 0.540. The van der Waals surface area contributed by atoms with Gasteiger partial charge in [0.1, 0.15) is 0 Å². The highest BCUT2D eigenvalue weighted by atomic mass is 79.9.